The zero-order valence-electron chi connectivity index (χ0n) is 8.62. The van der Waals surface area contributed by atoms with Crippen LogP contribution in [0, 0.1) is 0 Å². The van der Waals surface area contributed by atoms with Gasteiger partial charge in [-0.15, -0.1) is 0 Å². The topological polar surface area (TPSA) is 33.1 Å². The minimum atomic E-state index is 0.943. The number of hydrogen-bond acceptors (Lipinski definition) is 3. The van der Waals surface area contributed by atoms with Crippen LogP contribution in [0.25, 0.3) is 0 Å². The van der Waals surface area contributed by atoms with Crippen molar-refractivity contribution in [2.45, 2.75) is 6.42 Å². The number of anilines is 1. The van der Waals surface area contributed by atoms with E-state index in [1.54, 1.807) is 6.20 Å². The molecule has 0 aliphatic carbocycles. The van der Waals surface area contributed by atoms with Gasteiger partial charge in [-0.1, -0.05) is 0 Å². The number of imidazole rings is 1. The fraction of sp³-hybridized carbons (Fsp3) is 0.667. The number of nitrogens with one attached hydrogen (secondary N) is 1. The molecule has 0 aliphatic rings. The van der Waals surface area contributed by atoms with Crippen molar-refractivity contribution in [3.63, 3.8) is 0 Å². The van der Waals surface area contributed by atoms with Crippen molar-refractivity contribution < 1.29 is 0 Å². The quantitative estimate of drug-likeness (QED) is 0.683. The number of hydrogen-bond donors (Lipinski definition) is 1. The maximum Gasteiger partial charge on any atom is 0.202 e. The summed E-state index contributed by atoms with van der Waals surface area (Å²) < 4.78 is 1.98. The summed E-state index contributed by atoms with van der Waals surface area (Å²) in [6.07, 6.45) is 4.88. The second-order valence-electron chi connectivity index (χ2n) is 3.45. The van der Waals surface area contributed by atoms with Crippen LogP contribution in [0.2, 0.25) is 0 Å². The van der Waals surface area contributed by atoms with Crippen LogP contribution in [0.4, 0.5) is 5.95 Å². The van der Waals surface area contributed by atoms with Crippen LogP contribution in [0.3, 0.4) is 0 Å². The first-order valence-electron chi connectivity index (χ1n) is 4.56. The normalized spacial score (nSPS) is 10.8. The predicted octanol–water partition coefficient (Wildman–Crippen LogP) is 0.784. The SMILES string of the molecule is CN(C)CCCNc1nccn1C. The molecule has 1 rings (SSSR count). The Balaban J connectivity index is 2.17. The lowest BCUT2D eigenvalue weighted by atomic mass is 10.4. The van der Waals surface area contributed by atoms with E-state index >= 15 is 0 Å². The van der Waals surface area contributed by atoms with Gasteiger partial charge in [0.25, 0.3) is 0 Å². The summed E-state index contributed by atoms with van der Waals surface area (Å²) in [5, 5.41) is 3.27. The second kappa shape index (κ2) is 4.87. The molecular formula is C9H18N4. The van der Waals surface area contributed by atoms with Gasteiger partial charge in [-0.2, -0.15) is 0 Å². The maximum atomic E-state index is 4.17. The van der Waals surface area contributed by atoms with Crippen LogP contribution in [-0.4, -0.2) is 41.6 Å². The highest BCUT2D eigenvalue weighted by atomic mass is 15.2. The van der Waals surface area contributed by atoms with Gasteiger partial charge in [0.1, 0.15) is 0 Å². The second-order valence-corrected chi connectivity index (χ2v) is 3.45. The smallest absolute Gasteiger partial charge is 0.202 e. The summed E-state index contributed by atoms with van der Waals surface area (Å²) in [7, 11) is 6.16. The maximum absolute atomic E-state index is 4.17. The van der Waals surface area contributed by atoms with E-state index < -0.39 is 0 Å². The molecule has 74 valence electrons. The minimum absolute atomic E-state index is 0.943. The van der Waals surface area contributed by atoms with Gasteiger partial charge < -0.3 is 14.8 Å². The van der Waals surface area contributed by atoms with Gasteiger partial charge in [-0.05, 0) is 27.1 Å². The van der Waals surface area contributed by atoms with Crippen molar-refractivity contribution in [1.82, 2.24) is 14.5 Å². The molecule has 0 fully saturated rings. The number of aromatic nitrogens is 2. The van der Waals surface area contributed by atoms with Crippen molar-refractivity contribution in [2.24, 2.45) is 7.05 Å². The van der Waals surface area contributed by atoms with Gasteiger partial charge >= 0.3 is 0 Å². The average molecular weight is 182 g/mol. The van der Waals surface area contributed by atoms with E-state index in [0.29, 0.717) is 0 Å². The van der Waals surface area contributed by atoms with Gasteiger partial charge in [0, 0.05) is 26.0 Å². The molecule has 0 radical (unpaired) electrons. The molecule has 0 atom stereocenters. The van der Waals surface area contributed by atoms with Crippen LogP contribution >= 0.6 is 0 Å². The molecule has 1 N–H and O–H groups in total. The van der Waals surface area contributed by atoms with Gasteiger partial charge in [-0.3, -0.25) is 0 Å². The summed E-state index contributed by atoms with van der Waals surface area (Å²) in [4.78, 5) is 6.35. The molecule has 1 aromatic rings. The Kier molecular flexibility index (Phi) is 3.76. The highest BCUT2D eigenvalue weighted by Crippen LogP contribution is 2.00. The molecule has 0 aliphatic heterocycles. The molecule has 1 heterocycles. The van der Waals surface area contributed by atoms with E-state index in [-0.39, 0.29) is 0 Å². The minimum Gasteiger partial charge on any atom is -0.356 e. The summed E-state index contributed by atoms with van der Waals surface area (Å²) >= 11 is 0. The number of nitrogens with zero attached hydrogens (tertiary/aromatic N) is 3. The van der Waals surface area contributed by atoms with E-state index in [1.165, 1.54) is 0 Å². The molecule has 0 amide bonds. The number of rotatable bonds is 5. The zero-order valence-corrected chi connectivity index (χ0v) is 8.62. The van der Waals surface area contributed by atoms with Gasteiger partial charge in [0.15, 0.2) is 0 Å². The third-order valence-electron chi connectivity index (χ3n) is 1.89. The van der Waals surface area contributed by atoms with E-state index in [4.69, 9.17) is 0 Å². The summed E-state index contributed by atoms with van der Waals surface area (Å²) in [6, 6.07) is 0. The van der Waals surface area contributed by atoms with Crippen LogP contribution in [0.5, 0.6) is 0 Å². The average Bonchev–Trinajstić information content (AvgIpc) is 2.45. The van der Waals surface area contributed by atoms with Crippen LogP contribution < -0.4 is 5.32 Å². The molecule has 0 spiro atoms. The molecule has 0 bridgehead atoms. The largest absolute Gasteiger partial charge is 0.356 e. The molecule has 13 heavy (non-hydrogen) atoms. The van der Waals surface area contributed by atoms with Crippen molar-refractivity contribution in [3.8, 4) is 0 Å². The van der Waals surface area contributed by atoms with E-state index in [9.17, 15) is 0 Å². The van der Waals surface area contributed by atoms with Crippen molar-refractivity contribution >= 4 is 5.95 Å². The first-order valence-corrected chi connectivity index (χ1v) is 4.56. The molecule has 1 aromatic heterocycles. The van der Waals surface area contributed by atoms with Crippen molar-refractivity contribution in [1.29, 1.82) is 0 Å². The Morgan fingerprint density at radius 3 is 2.85 bits per heavy atom. The fourth-order valence-electron chi connectivity index (χ4n) is 1.13. The summed E-state index contributed by atoms with van der Waals surface area (Å²) in [5.74, 6) is 0.943. The van der Waals surface area contributed by atoms with E-state index in [1.807, 2.05) is 17.8 Å². The Bertz CT molecular complexity index is 242. The lowest BCUT2D eigenvalue weighted by Crippen LogP contribution is -2.17. The fourth-order valence-corrected chi connectivity index (χ4v) is 1.13. The Labute approximate surface area is 79.6 Å². The van der Waals surface area contributed by atoms with Crippen molar-refractivity contribution in [2.75, 3.05) is 32.5 Å². The zero-order chi connectivity index (χ0) is 9.68. The van der Waals surface area contributed by atoms with Gasteiger partial charge in [-0.25, -0.2) is 4.98 Å². The third kappa shape index (κ3) is 3.46. The first kappa shape index (κ1) is 10.1. The first-order chi connectivity index (χ1) is 6.20. The molecule has 4 heteroatoms. The molecule has 0 saturated heterocycles. The molecule has 4 nitrogen and oxygen atoms in total. The molecule has 0 aromatic carbocycles. The molecule has 0 saturated carbocycles. The summed E-state index contributed by atoms with van der Waals surface area (Å²) in [6.45, 7) is 2.08. The van der Waals surface area contributed by atoms with Gasteiger partial charge in [0.05, 0.1) is 0 Å². The lowest BCUT2D eigenvalue weighted by molar-refractivity contribution is 0.405. The third-order valence-corrected chi connectivity index (χ3v) is 1.89. The molecular weight excluding hydrogens is 164 g/mol. The Morgan fingerprint density at radius 1 is 1.54 bits per heavy atom. The number of aryl methyl sites for hydroxylation is 1. The van der Waals surface area contributed by atoms with E-state index in [2.05, 4.69) is 29.3 Å². The monoisotopic (exact) mass is 182 g/mol. The van der Waals surface area contributed by atoms with E-state index in [0.717, 1.165) is 25.5 Å². The summed E-state index contributed by atoms with van der Waals surface area (Å²) in [5.41, 5.74) is 0. The predicted molar refractivity (Wildman–Crippen MR) is 54.9 cm³/mol. The van der Waals surface area contributed by atoms with Crippen LogP contribution in [0.15, 0.2) is 12.4 Å². The Morgan fingerprint density at radius 2 is 2.31 bits per heavy atom. The van der Waals surface area contributed by atoms with Crippen molar-refractivity contribution in [3.05, 3.63) is 12.4 Å². The standard InChI is InChI=1S/C9H18N4/c1-12(2)7-4-5-10-9-11-6-8-13(9)3/h6,8H,4-5,7H2,1-3H3,(H,10,11). The highest BCUT2D eigenvalue weighted by Gasteiger charge is 1.96. The van der Waals surface area contributed by atoms with Crippen LogP contribution in [-0.2, 0) is 7.05 Å². The van der Waals surface area contributed by atoms with Crippen LogP contribution in [0.1, 0.15) is 6.42 Å². The van der Waals surface area contributed by atoms with Gasteiger partial charge in [0.2, 0.25) is 5.95 Å². The molecule has 0 unspecified atom stereocenters. The lowest BCUT2D eigenvalue weighted by Gasteiger charge is -2.10. The highest BCUT2D eigenvalue weighted by molar-refractivity contribution is 5.24. The Hall–Kier alpha value is -1.03.